The zero-order valence-corrected chi connectivity index (χ0v) is 18.6. The van der Waals surface area contributed by atoms with Crippen molar-refractivity contribution in [3.05, 3.63) is 71.0 Å². The van der Waals surface area contributed by atoms with Gasteiger partial charge in [0.2, 0.25) is 0 Å². The van der Waals surface area contributed by atoms with Crippen LogP contribution in [0.5, 0.6) is 0 Å². The normalized spacial score (nSPS) is 12.7. The van der Waals surface area contributed by atoms with Gasteiger partial charge in [-0.2, -0.15) is 0 Å². The van der Waals surface area contributed by atoms with E-state index >= 15 is 0 Å². The van der Waals surface area contributed by atoms with E-state index < -0.39 is 0 Å². The second-order valence-corrected chi connectivity index (χ2v) is 9.22. The van der Waals surface area contributed by atoms with Crippen LogP contribution in [0.3, 0.4) is 0 Å². The Morgan fingerprint density at radius 3 is 2.52 bits per heavy atom. The molecular weight excluding hydrogens is 398 g/mol. The Hall–Kier alpha value is -2.22. The second kappa shape index (κ2) is 9.07. The van der Waals surface area contributed by atoms with Crippen LogP contribution in [0.2, 0.25) is 0 Å². The molecule has 0 saturated heterocycles. The third kappa shape index (κ3) is 4.52. The van der Waals surface area contributed by atoms with Crippen molar-refractivity contribution in [2.75, 3.05) is 14.1 Å². The van der Waals surface area contributed by atoms with E-state index in [1.165, 1.54) is 10.3 Å². The lowest BCUT2D eigenvalue weighted by Crippen LogP contribution is -2.23. The van der Waals surface area contributed by atoms with Crippen molar-refractivity contribution in [1.82, 2.24) is 24.6 Å². The summed E-state index contributed by atoms with van der Waals surface area (Å²) in [6.07, 6.45) is 0.989. The summed E-state index contributed by atoms with van der Waals surface area (Å²) < 4.78 is 3.50. The molecule has 0 saturated carbocycles. The highest BCUT2D eigenvalue weighted by Crippen LogP contribution is 2.30. The Balaban J connectivity index is 1.61. The van der Waals surface area contributed by atoms with Crippen LogP contribution in [-0.2, 0) is 12.3 Å². The number of rotatable bonds is 8. The van der Waals surface area contributed by atoms with Gasteiger partial charge in [0.25, 0.3) is 0 Å². The molecule has 0 aliphatic rings. The van der Waals surface area contributed by atoms with E-state index in [0.717, 1.165) is 40.2 Å². The van der Waals surface area contributed by atoms with Crippen LogP contribution in [0.4, 0.5) is 0 Å². The van der Waals surface area contributed by atoms with Crippen molar-refractivity contribution in [1.29, 1.82) is 0 Å². The Morgan fingerprint density at radius 1 is 1.03 bits per heavy atom. The van der Waals surface area contributed by atoms with Gasteiger partial charge in [0, 0.05) is 0 Å². The van der Waals surface area contributed by atoms with Gasteiger partial charge in [-0.05, 0) is 38.2 Å². The van der Waals surface area contributed by atoms with E-state index in [2.05, 4.69) is 83.1 Å². The zero-order valence-electron chi connectivity index (χ0n) is 16.9. The van der Waals surface area contributed by atoms with Gasteiger partial charge in [-0.3, -0.25) is 4.90 Å². The number of aromatic nitrogens is 4. The lowest BCUT2D eigenvalue weighted by atomic mass is 10.2. The van der Waals surface area contributed by atoms with Crippen LogP contribution in [0.25, 0.3) is 10.2 Å². The fourth-order valence-corrected chi connectivity index (χ4v) is 5.36. The lowest BCUT2D eigenvalue weighted by Gasteiger charge is -2.23. The SMILES string of the molecule is CC[C@H](c1nnc(SCc2nc3ccccc3s2)n1Cc1ccccc1)N(C)C. The summed E-state index contributed by atoms with van der Waals surface area (Å²) in [5.41, 5.74) is 2.32. The molecule has 0 spiro atoms. The topological polar surface area (TPSA) is 46.8 Å². The van der Waals surface area contributed by atoms with Crippen molar-refractivity contribution in [3.63, 3.8) is 0 Å². The summed E-state index contributed by atoms with van der Waals surface area (Å²) in [4.78, 5) is 6.98. The van der Waals surface area contributed by atoms with Gasteiger partial charge in [0.05, 0.1) is 28.6 Å². The van der Waals surface area contributed by atoms with Gasteiger partial charge >= 0.3 is 0 Å². The van der Waals surface area contributed by atoms with Gasteiger partial charge in [-0.1, -0.05) is 61.2 Å². The highest BCUT2D eigenvalue weighted by molar-refractivity contribution is 7.98. The molecule has 0 N–H and O–H groups in total. The molecule has 0 fully saturated rings. The summed E-state index contributed by atoms with van der Waals surface area (Å²) in [5, 5.41) is 11.2. The molecule has 0 aliphatic carbocycles. The third-order valence-corrected chi connectivity index (χ3v) is 7.10. The van der Waals surface area contributed by atoms with Crippen LogP contribution in [-0.4, -0.2) is 38.7 Å². The third-order valence-electron chi connectivity index (χ3n) is 4.90. The molecule has 2 aromatic heterocycles. The minimum absolute atomic E-state index is 0.239. The number of fused-ring (bicyclic) bond motifs is 1. The molecule has 0 unspecified atom stereocenters. The monoisotopic (exact) mass is 423 g/mol. The second-order valence-electron chi connectivity index (χ2n) is 7.16. The van der Waals surface area contributed by atoms with Crippen LogP contribution in [0, 0.1) is 0 Å². The molecule has 7 heteroatoms. The minimum Gasteiger partial charge on any atom is -0.300 e. The average molecular weight is 424 g/mol. The fraction of sp³-hybridized carbons (Fsp3) is 0.318. The summed E-state index contributed by atoms with van der Waals surface area (Å²) in [5.74, 6) is 1.82. The molecule has 2 aromatic carbocycles. The molecule has 5 nitrogen and oxygen atoms in total. The van der Waals surface area contributed by atoms with Gasteiger partial charge < -0.3 is 4.57 Å². The number of hydrogen-bond acceptors (Lipinski definition) is 6. The number of hydrogen-bond donors (Lipinski definition) is 0. The molecule has 0 aliphatic heterocycles. The Bertz CT molecular complexity index is 1040. The fourth-order valence-electron chi connectivity index (χ4n) is 3.45. The summed E-state index contributed by atoms with van der Waals surface area (Å²) in [6, 6.07) is 19.0. The standard InChI is InChI=1S/C22H25N5S2/c1-4-18(26(2)3)21-24-25-22(27(21)14-16-10-6-5-7-11-16)28-15-20-23-17-12-8-9-13-19(17)29-20/h5-13,18H,4,14-15H2,1-3H3/t18-/m1/s1. The molecule has 2 heterocycles. The molecular formula is C22H25N5S2. The largest absolute Gasteiger partial charge is 0.300 e. The predicted octanol–water partition coefficient (Wildman–Crippen LogP) is 5.24. The minimum atomic E-state index is 0.239. The van der Waals surface area contributed by atoms with E-state index in [1.807, 2.05) is 12.1 Å². The Morgan fingerprint density at radius 2 is 1.79 bits per heavy atom. The molecule has 0 amide bonds. The number of para-hydroxylation sites is 1. The molecule has 0 radical (unpaired) electrons. The summed E-state index contributed by atoms with van der Waals surface area (Å²) in [6.45, 7) is 2.97. The van der Waals surface area contributed by atoms with E-state index in [0.29, 0.717) is 0 Å². The smallest absolute Gasteiger partial charge is 0.191 e. The molecule has 0 bridgehead atoms. The first-order valence-corrected chi connectivity index (χ1v) is 11.6. The maximum atomic E-state index is 4.76. The van der Waals surface area contributed by atoms with Gasteiger partial charge in [-0.15, -0.1) is 21.5 Å². The molecule has 150 valence electrons. The van der Waals surface area contributed by atoms with Crippen LogP contribution >= 0.6 is 23.1 Å². The number of nitrogens with zero attached hydrogens (tertiary/aromatic N) is 5. The Kier molecular flexibility index (Phi) is 6.28. The average Bonchev–Trinajstić information content (AvgIpc) is 3.31. The van der Waals surface area contributed by atoms with Crippen molar-refractivity contribution in [3.8, 4) is 0 Å². The highest BCUT2D eigenvalue weighted by atomic mass is 32.2. The van der Waals surface area contributed by atoms with Crippen molar-refractivity contribution < 1.29 is 0 Å². The molecule has 4 aromatic rings. The van der Waals surface area contributed by atoms with Gasteiger partial charge in [0.15, 0.2) is 11.0 Å². The van der Waals surface area contributed by atoms with Gasteiger partial charge in [-0.25, -0.2) is 4.98 Å². The maximum absolute atomic E-state index is 4.76. The van der Waals surface area contributed by atoms with E-state index in [4.69, 9.17) is 4.98 Å². The van der Waals surface area contributed by atoms with Crippen LogP contribution < -0.4 is 0 Å². The molecule has 4 rings (SSSR count). The van der Waals surface area contributed by atoms with Crippen molar-refractivity contribution in [2.45, 2.75) is 36.8 Å². The van der Waals surface area contributed by atoms with Crippen molar-refractivity contribution in [2.24, 2.45) is 0 Å². The van der Waals surface area contributed by atoms with Crippen molar-refractivity contribution >= 4 is 33.3 Å². The number of thioether (sulfide) groups is 1. The first kappa shape index (κ1) is 20.1. The van der Waals surface area contributed by atoms with Gasteiger partial charge in [0.1, 0.15) is 5.01 Å². The summed E-state index contributed by atoms with van der Waals surface area (Å²) >= 11 is 3.47. The van der Waals surface area contributed by atoms with Crippen LogP contribution in [0.15, 0.2) is 59.8 Å². The van der Waals surface area contributed by atoms with Crippen LogP contribution in [0.1, 0.15) is 35.8 Å². The highest BCUT2D eigenvalue weighted by Gasteiger charge is 2.22. The van der Waals surface area contributed by atoms with E-state index in [9.17, 15) is 0 Å². The molecule has 29 heavy (non-hydrogen) atoms. The number of thiazole rings is 1. The predicted molar refractivity (Wildman–Crippen MR) is 121 cm³/mol. The lowest BCUT2D eigenvalue weighted by molar-refractivity contribution is 0.272. The zero-order chi connectivity index (χ0) is 20.2. The quantitative estimate of drug-likeness (QED) is 0.363. The number of benzene rings is 2. The first-order chi connectivity index (χ1) is 14.2. The van der Waals surface area contributed by atoms with E-state index in [1.54, 1.807) is 23.1 Å². The van der Waals surface area contributed by atoms with E-state index in [-0.39, 0.29) is 6.04 Å². The Labute approximate surface area is 179 Å². The summed E-state index contributed by atoms with van der Waals surface area (Å²) in [7, 11) is 4.20. The first-order valence-electron chi connectivity index (χ1n) is 9.76. The maximum Gasteiger partial charge on any atom is 0.191 e. The molecule has 1 atom stereocenters.